The minimum atomic E-state index is -3.57. The lowest BCUT2D eigenvalue weighted by atomic mass is 10.3. The van der Waals surface area contributed by atoms with E-state index in [2.05, 4.69) is 0 Å². The molecule has 0 radical (unpaired) electrons. The molecule has 1 unspecified atom stereocenters. The first-order chi connectivity index (χ1) is 11.1. The lowest BCUT2D eigenvalue weighted by molar-refractivity contribution is 0.191. The Morgan fingerprint density at radius 3 is 1.87 bits per heavy atom. The van der Waals surface area contributed by atoms with Crippen LogP contribution in [-0.2, 0) is 9.30 Å². The lowest BCUT2D eigenvalue weighted by Crippen LogP contribution is -2.26. The largest absolute Gasteiger partial charge is 0.447 e. The van der Waals surface area contributed by atoms with Crippen molar-refractivity contribution in [3.8, 4) is 11.5 Å². The highest BCUT2D eigenvalue weighted by atomic mass is 31.2. The Balaban J connectivity index is 2.17. The van der Waals surface area contributed by atoms with Crippen LogP contribution in [0.3, 0.4) is 0 Å². The summed E-state index contributed by atoms with van der Waals surface area (Å²) in [4.78, 5) is 0. The van der Waals surface area contributed by atoms with Gasteiger partial charge in [0.1, 0.15) is 17.3 Å². The van der Waals surface area contributed by atoms with E-state index in [1.807, 2.05) is 12.1 Å². The van der Waals surface area contributed by atoms with E-state index < -0.39 is 13.4 Å². The smallest absolute Gasteiger partial charge is 0.415 e. The van der Waals surface area contributed by atoms with E-state index in [-0.39, 0.29) is 0 Å². The van der Waals surface area contributed by atoms with E-state index in [0.29, 0.717) is 30.9 Å². The number of hydrogen-bond acceptors (Lipinski definition) is 5. The van der Waals surface area contributed by atoms with E-state index >= 15 is 0 Å². The molecular formula is C17H22NO4P. The van der Waals surface area contributed by atoms with Gasteiger partial charge in [0.05, 0.1) is 0 Å². The minimum Gasteiger partial charge on any atom is -0.415 e. The van der Waals surface area contributed by atoms with Crippen molar-refractivity contribution in [2.24, 2.45) is 5.73 Å². The molecule has 2 N–H and O–H groups in total. The lowest BCUT2D eigenvalue weighted by Gasteiger charge is -2.25. The molecule has 6 heteroatoms. The Bertz CT molecular complexity index is 576. The standard InChI is InChI=1S/C17H22NO4P/c1-20-14-8-13-17(18)23(19,21-15-9-4-2-5-10-15)22-16-11-6-3-7-12-16/h2-7,9-12,17H,8,13-14,18H2,1H3. The van der Waals surface area contributed by atoms with Crippen molar-refractivity contribution in [1.29, 1.82) is 0 Å². The fourth-order valence-electron chi connectivity index (χ4n) is 2.01. The molecule has 0 aliphatic rings. The first-order valence-corrected chi connectivity index (χ1v) is 9.09. The second kappa shape index (κ2) is 8.73. The van der Waals surface area contributed by atoms with Gasteiger partial charge in [-0.3, -0.25) is 0 Å². The Morgan fingerprint density at radius 2 is 1.43 bits per heavy atom. The third-order valence-corrected chi connectivity index (χ3v) is 5.21. The van der Waals surface area contributed by atoms with Crippen LogP contribution in [-0.4, -0.2) is 19.5 Å². The minimum absolute atomic E-state index is 0.467. The van der Waals surface area contributed by atoms with E-state index in [1.54, 1.807) is 55.6 Å². The molecule has 124 valence electrons. The SMILES string of the molecule is COCCCC(N)P(=O)(Oc1ccccc1)Oc1ccccc1. The number of benzene rings is 2. The highest BCUT2D eigenvalue weighted by Crippen LogP contribution is 2.52. The number of hydrogen-bond donors (Lipinski definition) is 1. The van der Waals surface area contributed by atoms with Gasteiger partial charge in [0.25, 0.3) is 0 Å². The zero-order valence-corrected chi connectivity index (χ0v) is 14.0. The third kappa shape index (κ3) is 5.39. The molecule has 0 aliphatic carbocycles. The summed E-state index contributed by atoms with van der Waals surface area (Å²) in [5, 5.41) is 0. The molecule has 0 aliphatic heterocycles. The maximum atomic E-state index is 13.2. The van der Waals surface area contributed by atoms with E-state index in [1.165, 1.54) is 0 Å². The van der Waals surface area contributed by atoms with Gasteiger partial charge in [0.15, 0.2) is 0 Å². The van der Waals surface area contributed by atoms with Crippen LogP contribution < -0.4 is 14.8 Å². The Labute approximate surface area is 136 Å². The summed E-state index contributed by atoms with van der Waals surface area (Å²) in [7, 11) is -1.96. The van der Waals surface area contributed by atoms with Crippen LogP contribution in [0.15, 0.2) is 60.7 Å². The maximum Gasteiger partial charge on any atom is 0.447 e. The molecule has 0 aromatic heterocycles. The summed E-state index contributed by atoms with van der Waals surface area (Å²) in [6.45, 7) is 0.546. The molecule has 23 heavy (non-hydrogen) atoms. The van der Waals surface area contributed by atoms with Gasteiger partial charge in [0.2, 0.25) is 0 Å². The second-order valence-corrected chi connectivity index (χ2v) is 7.16. The molecule has 0 bridgehead atoms. The first kappa shape index (κ1) is 17.5. The normalized spacial score (nSPS) is 12.6. The van der Waals surface area contributed by atoms with Gasteiger partial charge in [-0.2, -0.15) is 0 Å². The topological polar surface area (TPSA) is 70.8 Å². The summed E-state index contributed by atoms with van der Waals surface area (Å²) in [6.07, 6.45) is 1.16. The van der Waals surface area contributed by atoms with Crippen molar-refractivity contribution in [2.45, 2.75) is 18.6 Å². The average molecular weight is 335 g/mol. The number of para-hydroxylation sites is 2. The summed E-state index contributed by atoms with van der Waals surface area (Å²) >= 11 is 0. The van der Waals surface area contributed by atoms with Crippen molar-refractivity contribution >= 4 is 7.60 Å². The van der Waals surface area contributed by atoms with Crippen molar-refractivity contribution in [2.75, 3.05) is 13.7 Å². The van der Waals surface area contributed by atoms with Gasteiger partial charge in [-0.15, -0.1) is 0 Å². The van der Waals surface area contributed by atoms with Gasteiger partial charge >= 0.3 is 7.60 Å². The number of nitrogens with two attached hydrogens (primary N) is 1. The number of ether oxygens (including phenoxy) is 1. The molecule has 0 saturated carbocycles. The molecule has 0 fully saturated rings. The van der Waals surface area contributed by atoms with Gasteiger partial charge in [-0.25, -0.2) is 4.57 Å². The van der Waals surface area contributed by atoms with Crippen molar-refractivity contribution in [1.82, 2.24) is 0 Å². The molecule has 1 atom stereocenters. The summed E-state index contributed by atoms with van der Waals surface area (Å²) in [5.74, 6) is 0.195. The molecule has 0 saturated heterocycles. The molecule has 2 aromatic carbocycles. The van der Waals surface area contributed by atoms with Crippen LogP contribution in [0.2, 0.25) is 0 Å². The molecule has 0 spiro atoms. The molecule has 0 heterocycles. The Kier molecular flexibility index (Phi) is 6.66. The Morgan fingerprint density at radius 1 is 0.957 bits per heavy atom. The van der Waals surface area contributed by atoms with E-state index in [9.17, 15) is 4.57 Å². The molecule has 5 nitrogen and oxygen atoms in total. The zero-order valence-electron chi connectivity index (χ0n) is 13.1. The van der Waals surface area contributed by atoms with Crippen LogP contribution in [0.5, 0.6) is 11.5 Å². The molecule has 2 aromatic rings. The fraction of sp³-hybridized carbons (Fsp3) is 0.294. The van der Waals surface area contributed by atoms with Crippen LogP contribution in [0.4, 0.5) is 0 Å². The van der Waals surface area contributed by atoms with Crippen molar-refractivity contribution in [3.63, 3.8) is 0 Å². The average Bonchev–Trinajstić information content (AvgIpc) is 2.56. The van der Waals surface area contributed by atoms with E-state index in [0.717, 1.165) is 0 Å². The summed E-state index contributed by atoms with van der Waals surface area (Å²) < 4.78 is 29.6. The van der Waals surface area contributed by atoms with Crippen molar-refractivity contribution < 1.29 is 18.3 Å². The summed E-state index contributed by atoms with van der Waals surface area (Å²) in [5.41, 5.74) is 6.12. The molecule has 2 rings (SSSR count). The van der Waals surface area contributed by atoms with Gasteiger partial charge < -0.3 is 19.5 Å². The number of rotatable bonds is 9. The van der Waals surface area contributed by atoms with Crippen LogP contribution in [0, 0.1) is 0 Å². The van der Waals surface area contributed by atoms with Gasteiger partial charge in [0, 0.05) is 13.7 Å². The molecular weight excluding hydrogens is 313 g/mol. The third-order valence-electron chi connectivity index (χ3n) is 3.21. The summed E-state index contributed by atoms with van der Waals surface area (Å²) in [6, 6.07) is 17.8. The van der Waals surface area contributed by atoms with Crippen molar-refractivity contribution in [3.05, 3.63) is 60.7 Å². The second-order valence-electron chi connectivity index (χ2n) is 5.05. The number of methoxy groups -OCH3 is 1. The zero-order chi connectivity index (χ0) is 16.5. The van der Waals surface area contributed by atoms with Crippen LogP contribution in [0.1, 0.15) is 12.8 Å². The monoisotopic (exact) mass is 335 g/mol. The van der Waals surface area contributed by atoms with Gasteiger partial charge in [-0.05, 0) is 37.1 Å². The highest BCUT2D eigenvalue weighted by molar-refractivity contribution is 7.55. The molecule has 0 amide bonds. The fourth-order valence-corrected chi connectivity index (χ4v) is 3.64. The first-order valence-electron chi connectivity index (χ1n) is 7.47. The van der Waals surface area contributed by atoms with E-state index in [4.69, 9.17) is 19.5 Å². The van der Waals surface area contributed by atoms with Crippen LogP contribution in [0.25, 0.3) is 0 Å². The quantitative estimate of drug-likeness (QED) is 0.553. The van der Waals surface area contributed by atoms with Gasteiger partial charge in [-0.1, -0.05) is 36.4 Å². The highest BCUT2D eigenvalue weighted by Gasteiger charge is 2.36. The predicted molar refractivity (Wildman–Crippen MR) is 90.8 cm³/mol. The van der Waals surface area contributed by atoms with Crippen LogP contribution >= 0.6 is 7.60 Å². The predicted octanol–water partition coefficient (Wildman–Crippen LogP) is 4.05. The Hall–Kier alpha value is -1.81. The maximum absolute atomic E-state index is 13.2.